The minimum atomic E-state index is -0.682. The Kier molecular flexibility index (Phi) is 7.16. The molecule has 0 spiro atoms. The molecule has 7 nitrogen and oxygen atoms in total. The first-order valence-electron chi connectivity index (χ1n) is 8.14. The van der Waals surface area contributed by atoms with Crippen LogP contribution in [0.2, 0.25) is 0 Å². The average molecular weight is 375 g/mol. The predicted molar refractivity (Wildman–Crippen MR) is 100 cm³/mol. The molecule has 3 amide bonds. The third kappa shape index (κ3) is 5.89. The largest absolute Gasteiger partial charge is 0.484 e. The van der Waals surface area contributed by atoms with Crippen molar-refractivity contribution in [2.75, 3.05) is 18.5 Å². The summed E-state index contributed by atoms with van der Waals surface area (Å²) < 4.78 is 5.34. The first-order chi connectivity index (χ1) is 12.5. The second-order valence-electron chi connectivity index (χ2n) is 5.43. The lowest BCUT2D eigenvalue weighted by Crippen LogP contribution is -2.41. The van der Waals surface area contributed by atoms with Gasteiger partial charge in [-0.05, 0) is 49.6 Å². The quantitative estimate of drug-likeness (QED) is 0.658. The van der Waals surface area contributed by atoms with E-state index in [9.17, 15) is 14.4 Å². The van der Waals surface area contributed by atoms with Gasteiger partial charge < -0.3 is 20.7 Å². The number of thiophene rings is 1. The van der Waals surface area contributed by atoms with E-state index in [0.717, 1.165) is 0 Å². The number of benzene rings is 1. The van der Waals surface area contributed by atoms with E-state index in [0.29, 0.717) is 22.9 Å². The van der Waals surface area contributed by atoms with Gasteiger partial charge in [0.15, 0.2) is 6.61 Å². The van der Waals surface area contributed by atoms with Crippen molar-refractivity contribution < 1.29 is 19.1 Å². The third-order valence-corrected chi connectivity index (χ3v) is 4.22. The van der Waals surface area contributed by atoms with E-state index < -0.39 is 6.04 Å². The summed E-state index contributed by atoms with van der Waals surface area (Å²) >= 11 is 1.31. The van der Waals surface area contributed by atoms with Crippen molar-refractivity contribution in [3.05, 3.63) is 46.7 Å². The normalized spacial score (nSPS) is 11.3. The first-order valence-corrected chi connectivity index (χ1v) is 9.02. The average Bonchev–Trinajstić information content (AvgIpc) is 3.16. The van der Waals surface area contributed by atoms with Crippen molar-refractivity contribution in [1.82, 2.24) is 10.6 Å². The summed E-state index contributed by atoms with van der Waals surface area (Å²) in [5.74, 6) is -0.281. The Balaban J connectivity index is 1.82. The highest BCUT2D eigenvalue weighted by molar-refractivity contribution is 7.12. The Morgan fingerprint density at radius 2 is 1.88 bits per heavy atom. The van der Waals surface area contributed by atoms with E-state index >= 15 is 0 Å². The molecule has 0 saturated carbocycles. The summed E-state index contributed by atoms with van der Waals surface area (Å²) in [5.41, 5.74) is 0.567. The molecule has 1 unspecified atom stereocenters. The molecule has 0 saturated heterocycles. The van der Waals surface area contributed by atoms with Crippen LogP contribution in [0.4, 0.5) is 5.69 Å². The van der Waals surface area contributed by atoms with Gasteiger partial charge in [-0.15, -0.1) is 11.3 Å². The maximum absolute atomic E-state index is 12.2. The summed E-state index contributed by atoms with van der Waals surface area (Å²) in [6.07, 6.45) is 0. The molecule has 0 aliphatic heterocycles. The van der Waals surface area contributed by atoms with E-state index in [1.165, 1.54) is 11.3 Å². The molecular formula is C18H21N3O4S. The van der Waals surface area contributed by atoms with Crippen LogP contribution in [-0.2, 0) is 9.59 Å². The molecule has 8 heteroatoms. The van der Waals surface area contributed by atoms with Crippen molar-refractivity contribution in [3.63, 3.8) is 0 Å². The molecule has 138 valence electrons. The highest BCUT2D eigenvalue weighted by atomic mass is 32.1. The summed E-state index contributed by atoms with van der Waals surface area (Å²) in [4.78, 5) is 36.0. The van der Waals surface area contributed by atoms with Crippen LogP contribution in [0.1, 0.15) is 23.5 Å². The third-order valence-electron chi connectivity index (χ3n) is 3.35. The van der Waals surface area contributed by atoms with Crippen LogP contribution >= 0.6 is 11.3 Å². The lowest BCUT2D eigenvalue weighted by Gasteiger charge is -2.14. The molecule has 0 aliphatic rings. The Morgan fingerprint density at radius 3 is 2.50 bits per heavy atom. The summed E-state index contributed by atoms with van der Waals surface area (Å²) in [6.45, 7) is 3.93. The van der Waals surface area contributed by atoms with E-state index in [2.05, 4.69) is 16.0 Å². The maximum atomic E-state index is 12.2. The molecule has 1 aromatic carbocycles. The highest BCUT2D eigenvalue weighted by Crippen LogP contribution is 2.16. The molecule has 0 aliphatic carbocycles. The van der Waals surface area contributed by atoms with Crippen LogP contribution in [0.25, 0.3) is 0 Å². The van der Waals surface area contributed by atoms with E-state index in [1.807, 2.05) is 6.92 Å². The molecule has 1 heterocycles. The monoisotopic (exact) mass is 375 g/mol. The maximum Gasteiger partial charge on any atom is 0.261 e. The van der Waals surface area contributed by atoms with Crippen LogP contribution in [0, 0.1) is 0 Å². The number of rotatable bonds is 8. The fourth-order valence-electron chi connectivity index (χ4n) is 2.02. The minimum absolute atomic E-state index is 0.0642. The van der Waals surface area contributed by atoms with Crippen LogP contribution in [0.3, 0.4) is 0 Å². The summed E-state index contributed by atoms with van der Waals surface area (Å²) in [6, 6.07) is 9.44. The summed E-state index contributed by atoms with van der Waals surface area (Å²) in [5, 5.41) is 9.81. The van der Waals surface area contributed by atoms with Crippen LogP contribution in [0.15, 0.2) is 41.8 Å². The zero-order valence-corrected chi connectivity index (χ0v) is 15.4. The van der Waals surface area contributed by atoms with Gasteiger partial charge in [0.05, 0.1) is 4.88 Å². The molecule has 1 aromatic heterocycles. The van der Waals surface area contributed by atoms with E-state index in [4.69, 9.17) is 4.74 Å². The number of likely N-dealkylation sites (N-methyl/N-ethyl adjacent to an activating group) is 1. The Morgan fingerprint density at radius 1 is 1.15 bits per heavy atom. The molecule has 2 aromatic rings. The Labute approximate surface area is 155 Å². The van der Waals surface area contributed by atoms with E-state index in [1.54, 1.807) is 48.7 Å². The first kappa shape index (κ1) is 19.5. The molecular weight excluding hydrogens is 354 g/mol. The number of carbonyl (C=O) groups excluding carboxylic acids is 3. The second-order valence-corrected chi connectivity index (χ2v) is 6.38. The van der Waals surface area contributed by atoms with Gasteiger partial charge in [0.1, 0.15) is 11.8 Å². The SMILES string of the molecule is CCNC(=O)COc1ccc(NC(=O)C(C)NC(=O)c2cccs2)cc1. The Hall–Kier alpha value is -2.87. The second kappa shape index (κ2) is 9.57. The number of nitrogens with one attached hydrogen (secondary N) is 3. The van der Waals surface area contributed by atoms with Crippen molar-refractivity contribution >= 4 is 34.7 Å². The zero-order valence-electron chi connectivity index (χ0n) is 14.6. The topological polar surface area (TPSA) is 96.5 Å². The standard InChI is InChI=1S/C18H21N3O4S/c1-3-19-16(22)11-25-14-8-6-13(7-9-14)21-17(23)12(2)20-18(24)15-5-4-10-26-15/h4-10,12H,3,11H2,1-2H3,(H,19,22)(H,20,24)(H,21,23). The van der Waals surface area contributed by atoms with Crippen molar-refractivity contribution in [1.29, 1.82) is 0 Å². The highest BCUT2D eigenvalue weighted by Gasteiger charge is 2.17. The van der Waals surface area contributed by atoms with Crippen LogP contribution in [0.5, 0.6) is 5.75 Å². The molecule has 1 atom stereocenters. The van der Waals surface area contributed by atoms with Gasteiger partial charge in [0.25, 0.3) is 11.8 Å². The molecule has 26 heavy (non-hydrogen) atoms. The van der Waals surface area contributed by atoms with Crippen LogP contribution < -0.4 is 20.7 Å². The van der Waals surface area contributed by atoms with Gasteiger partial charge >= 0.3 is 0 Å². The number of amides is 3. The molecule has 0 radical (unpaired) electrons. The number of ether oxygens (including phenoxy) is 1. The summed E-state index contributed by atoms with van der Waals surface area (Å²) in [7, 11) is 0. The van der Waals surface area contributed by atoms with Crippen molar-refractivity contribution in [3.8, 4) is 5.75 Å². The lowest BCUT2D eigenvalue weighted by molar-refractivity contribution is -0.123. The van der Waals surface area contributed by atoms with Crippen molar-refractivity contribution in [2.24, 2.45) is 0 Å². The molecule has 2 rings (SSSR count). The molecule has 3 N–H and O–H groups in total. The smallest absolute Gasteiger partial charge is 0.261 e. The number of hydrogen-bond acceptors (Lipinski definition) is 5. The fraction of sp³-hybridized carbons (Fsp3) is 0.278. The van der Waals surface area contributed by atoms with Gasteiger partial charge in [0.2, 0.25) is 5.91 Å². The van der Waals surface area contributed by atoms with Gasteiger partial charge in [-0.3, -0.25) is 14.4 Å². The number of anilines is 1. The number of carbonyl (C=O) groups is 3. The van der Waals surface area contributed by atoms with E-state index in [-0.39, 0.29) is 24.3 Å². The lowest BCUT2D eigenvalue weighted by atomic mass is 10.2. The predicted octanol–water partition coefficient (Wildman–Crippen LogP) is 2.02. The number of hydrogen-bond donors (Lipinski definition) is 3. The van der Waals surface area contributed by atoms with Gasteiger partial charge in [-0.1, -0.05) is 6.07 Å². The van der Waals surface area contributed by atoms with Gasteiger partial charge in [-0.2, -0.15) is 0 Å². The molecule has 0 fully saturated rings. The van der Waals surface area contributed by atoms with Crippen LogP contribution in [-0.4, -0.2) is 36.9 Å². The fourth-order valence-corrected chi connectivity index (χ4v) is 2.65. The molecule has 0 bridgehead atoms. The minimum Gasteiger partial charge on any atom is -0.484 e. The van der Waals surface area contributed by atoms with Gasteiger partial charge in [0, 0.05) is 12.2 Å². The Bertz CT molecular complexity index is 744. The zero-order chi connectivity index (χ0) is 18.9. The van der Waals surface area contributed by atoms with Crippen molar-refractivity contribution in [2.45, 2.75) is 19.9 Å². The van der Waals surface area contributed by atoms with Gasteiger partial charge in [-0.25, -0.2) is 0 Å².